The van der Waals surface area contributed by atoms with Gasteiger partial charge in [0.15, 0.2) is 0 Å². The topological polar surface area (TPSA) is 12.5 Å². The van der Waals surface area contributed by atoms with E-state index in [1.54, 1.807) is 0 Å². The van der Waals surface area contributed by atoms with Crippen LogP contribution in [0.15, 0.2) is 0 Å². The second-order valence-electron chi connectivity index (χ2n) is 3.23. The molecule has 2 heteroatoms. The van der Waals surface area contributed by atoms with Gasteiger partial charge in [-0.1, -0.05) is 6.92 Å². The summed E-state index contributed by atoms with van der Waals surface area (Å²) in [6.07, 6.45) is 3.86. The third-order valence-corrected chi connectivity index (χ3v) is 2.82. The normalized spacial score (nSPS) is 40.5. The lowest BCUT2D eigenvalue weighted by Gasteiger charge is -2.45. The van der Waals surface area contributed by atoms with Crippen LogP contribution in [0.25, 0.3) is 0 Å². The summed E-state index contributed by atoms with van der Waals surface area (Å²) in [5.41, 5.74) is 0.217. The number of rotatable bonds is 1. The Morgan fingerprint density at radius 1 is 1.50 bits per heavy atom. The van der Waals surface area contributed by atoms with Crippen LogP contribution >= 0.6 is 0 Å². The first-order valence-electron chi connectivity index (χ1n) is 4.26. The quantitative estimate of drug-likeness (QED) is 0.544. The smallest absolute Gasteiger partial charge is 0.123 e. The fraction of sp³-hybridized carbons (Fsp3) is 1.00. The zero-order chi connectivity index (χ0) is 7.03. The molecule has 2 saturated heterocycles. The molecular weight excluding hydrogens is 126 g/mol. The molecule has 58 valence electrons. The largest absolute Gasteiger partial charge is 0.360 e. The van der Waals surface area contributed by atoms with Crippen LogP contribution in [0.2, 0.25) is 0 Å². The molecule has 0 aromatic carbocycles. The number of likely N-dealkylation sites (tertiary alicyclic amines) is 1. The van der Waals surface area contributed by atoms with Crippen LogP contribution in [0, 0.1) is 0 Å². The van der Waals surface area contributed by atoms with E-state index in [4.69, 9.17) is 4.74 Å². The van der Waals surface area contributed by atoms with E-state index in [1.165, 1.54) is 25.8 Å². The van der Waals surface area contributed by atoms with E-state index in [0.29, 0.717) is 0 Å². The lowest BCUT2D eigenvalue weighted by Crippen LogP contribution is -2.53. The molecule has 2 fully saturated rings. The average Bonchev–Trinajstić information content (AvgIpc) is 2.27. The minimum atomic E-state index is 0.217. The van der Waals surface area contributed by atoms with E-state index in [0.717, 1.165) is 13.2 Å². The molecule has 2 rings (SSSR count). The summed E-state index contributed by atoms with van der Waals surface area (Å²) in [6.45, 7) is 5.60. The zero-order valence-electron chi connectivity index (χ0n) is 6.60. The summed E-state index contributed by atoms with van der Waals surface area (Å²) in [6, 6.07) is 0. The van der Waals surface area contributed by atoms with Gasteiger partial charge < -0.3 is 4.74 Å². The second kappa shape index (κ2) is 2.21. The summed E-state index contributed by atoms with van der Waals surface area (Å²) in [7, 11) is 0. The molecule has 0 aliphatic carbocycles. The van der Waals surface area contributed by atoms with Gasteiger partial charge in [-0.15, -0.1) is 0 Å². The Morgan fingerprint density at radius 3 is 2.70 bits per heavy atom. The highest BCUT2D eigenvalue weighted by Crippen LogP contribution is 2.39. The summed E-state index contributed by atoms with van der Waals surface area (Å²) >= 11 is 0. The van der Waals surface area contributed by atoms with Crippen LogP contribution < -0.4 is 0 Å². The molecule has 1 atom stereocenters. The van der Waals surface area contributed by atoms with Crippen molar-refractivity contribution >= 4 is 0 Å². The van der Waals surface area contributed by atoms with Crippen molar-refractivity contribution < 1.29 is 4.74 Å². The summed E-state index contributed by atoms with van der Waals surface area (Å²) in [5.74, 6) is 0. The van der Waals surface area contributed by atoms with Crippen molar-refractivity contribution in [2.75, 3.05) is 19.7 Å². The maximum atomic E-state index is 5.61. The van der Waals surface area contributed by atoms with Crippen molar-refractivity contribution in [2.24, 2.45) is 0 Å². The van der Waals surface area contributed by atoms with Gasteiger partial charge in [0.1, 0.15) is 5.72 Å². The van der Waals surface area contributed by atoms with Crippen LogP contribution in [-0.2, 0) is 4.74 Å². The lowest BCUT2D eigenvalue weighted by molar-refractivity contribution is -0.219. The van der Waals surface area contributed by atoms with Gasteiger partial charge in [-0.05, 0) is 19.4 Å². The highest BCUT2D eigenvalue weighted by atomic mass is 16.5. The van der Waals surface area contributed by atoms with Gasteiger partial charge in [-0.2, -0.15) is 0 Å². The molecule has 2 aliphatic rings. The predicted octanol–water partition coefficient (Wildman–Crippen LogP) is 1.22. The number of hydrogen-bond donors (Lipinski definition) is 0. The molecule has 0 bridgehead atoms. The second-order valence-corrected chi connectivity index (χ2v) is 3.23. The van der Waals surface area contributed by atoms with Gasteiger partial charge in [0.2, 0.25) is 0 Å². The fourth-order valence-corrected chi connectivity index (χ4v) is 2.14. The standard InChI is InChI=1S/C8H15NO/c1-2-9-6-3-4-8(9)5-7-10-8/h2-7H2,1H3. The minimum absolute atomic E-state index is 0.217. The van der Waals surface area contributed by atoms with Crippen LogP contribution in [0.5, 0.6) is 0 Å². The maximum absolute atomic E-state index is 5.61. The SMILES string of the molecule is CCN1CCCC12CCO2. The Kier molecular flexibility index (Phi) is 1.46. The molecule has 1 unspecified atom stereocenters. The van der Waals surface area contributed by atoms with Crippen molar-refractivity contribution in [1.29, 1.82) is 0 Å². The highest BCUT2D eigenvalue weighted by molar-refractivity contribution is 4.92. The van der Waals surface area contributed by atoms with Gasteiger partial charge in [-0.25, -0.2) is 0 Å². The van der Waals surface area contributed by atoms with E-state index in [-0.39, 0.29) is 5.72 Å². The van der Waals surface area contributed by atoms with Crippen LogP contribution in [0.1, 0.15) is 26.2 Å². The first-order chi connectivity index (χ1) is 4.87. The van der Waals surface area contributed by atoms with Gasteiger partial charge >= 0.3 is 0 Å². The zero-order valence-corrected chi connectivity index (χ0v) is 6.60. The van der Waals surface area contributed by atoms with Crippen molar-refractivity contribution in [1.82, 2.24) is 4.90 Å². The minimum Gasteiger partial charge on any atom is -0.360 e. The molecule has 1 spiro atoms. The van der Waals surface area contributed by atoms with E-state index in [2.05, 4.69) is 11.8 Å². The van der Waals surface area contributed by atoms with Crippen molar-refractivity contribution in [3.8, 4) is 0 Å². The van der Waals surface area contributed by atoms with Gasteiger partial charge in [0.25, 0.3) is 0 Å². The molecule has 2 aliphatic heterocycles. The Labute approximate surface area is 62.2 Å². The Balaban J connectivity index is 2.05. The first kappa shape index (κ1) is 6.62. The highest BCUT2D eigenvalue weighted by Gasteiger charge is 2.46. The molecule has 0 saturated carbocycles. The summed E-state index contributed by atoms with van der Waals surface area (Å²) < 4.78 is 5.61. The Hall–Kier alpha value is -0.0800. The third-order valence-electron chi connectivity index (χ3n) is 2.82. The molecular formula is C8H15NO. The molecule has 2 heterocycles. The maximum Gasteiger partial charge on any atom is 0.123 e. The summed E-state index contributed by atoms with van der Waals surface area (Å²) in [4.78, 5) is 2.47. The predicted molar refractivity (Wildman–Crippen MR) is 39.8 cm³/mol. The van der Waals surface area contributed by atoms with Gasteiger partial charge in [-0.3, -0.25) is 4.90 Å². The molecule has 0 radical (unpaired) electrons. The van der Waals surface area contributed by atoms with Crippen LogP contribution in [0.3, 0.4) is 0 Å². The fourth-order valence-electron chi connectivity index (χ4n) is 2.14. The first-order valence-corrected chi connectivity index (χ1v) is 4.26. The van der Waals surface area contributed by atoms with Crippen molar-refractivity contribution in [3.05, 3.63) is 0 Å². The monoisotopic (exact) mass is 141 g/mol. The number of hydrogen-bond acceptors (Lipinski definition) is 2. The van der Waals surface area contributed by atoms with Crippen LogP contribution in [0.4, 0.5) is 0 Å². The third kappa shape index (κ3) is 0.722. The van der Waals surface area contributed by atoms with Gasteiger partial charge in [0.05, 0.1) is 6.61 Å². The molecule has 0 amide bonds. The average molecular weight is 141 g/mol. The van der Waals surface area contributed by atoms with Crippen molar-refractivity contribution in [3.63, 3.8) is 0 Å². The summed E-state index contributed by atoms with van der Waals surface area (Å²) in [5, 5.41) is 0. The van der Waals surface area contributed by atoms with Gasteiger partial charge in [0, 0.05) is 13.0 Å². The molecule has 0 aromatic rings. The van der Waals surface area contributed by atoms with E-state index in [1.807, 2.05) is 0 Å². The number of nitrogens with zero attached hydrogens (tertiary/aromatic N) is 1. The molecule has 0 N–H and O–H groups in total. The Bertz CT molecular complexity index is 131. The Morgan fingerprint density at radius 2 is 2.30 bits per heavy atom. The van der Waals surface area contributed by atoms with Crippen LogP contribution in [-0.4, -0.2) is 30.3 Å². The lowest BCUT2D eigenvalue weighted by atomic mass is 10.0. The van der Waals surface area contributed by atoms with E-state index in [9.17, 15) is 0 Å². The van der Waals surface area contributed by atoms with Crippen molar-refractivity contribution in [2.45, 2.75) is 31.9 Å². The number of ether oxygens (including phenoxy) is 1. The van der Waals surface area contributed by atoms with E-state index < -0.39 is 0 Å². The van der Waals surface area contributed by atoms with E-state index >= 15 is 0 Å². The molecule has 2 nitrogen and oxygen atoms in total. The molecule has 10 heavy (non-hydrogen) atoms. The molecule has 0 aromatic heterocycles.